The van der Waals surface area contributed by atoms with Crippen molar-refractivity contribution >= 4 is 39.2 Å². The maximum atomic E-state index is 12.9. The number of thiazole rings is 1. The van der Waals surface area contributed by atoms with E-state index >= 15 is 0 Å². The highest BCUT2D eigenvalue weighted by Crippen LogP contribution is 2.21. The van der Waals surface area contributed by atoms with E-state index in [4.69, 9.17) is 0 Å². The molecular weight excluding hydrogens is 367 g/mol. The van der Waals surface area contributed by atoms with Gasteiger partial charge in [0.05, 0.1) is 16.0 Å². The maximum Gasteiger partial charge on any atom is 0.258 e. The summed E-state index contributed by atoms with van der Waals surface area (Å²) in [6.07, 6.45) is 1.97. The highest BCUT2D eigenvalue weighted by Gasteiger charge is 2.09. The van der Waals surface area contributed by atoms with Crippen molar-refractivity contribution in [3.8, 4) is 0 Å². The summed E-state index contributed by atoms with van der Waals surface area (Å²) in [5, 5.41) is 0. The van der Waals surface area contributed by atoms with Crippen molar-refractivity contribution in [2.75, 3.05) is 5.75 Å². The van der Waals surface area contributed by atoms with E-state index in [0.29, 0.717) is 0 Å². The average Bonchev–Trinajstić information content (AvgIpc) is 2.98. The molecule has 0 saturated heterocycles. The van der Waals surface area contributed by atoms with E-state index in [1.165, 1.54) is 29.5 Å². The minimum absolute atomic E-state index is 0.175. The van der Waals surface area contributed by atoms with Crippen LogP contribution in [0, 0.1) is 5.82 Å². The van der Waals surface area contributed by atoms with Crippen LogP contribution in [0.25, 0.3) is 10.2 Å². The molecule has 1 aromatic heterocycles. The minimum Gasteiger partial charge on any atom is -0.316 e. The van der Waals surface area contributed by atoms with E-state index in [1.54, 1.807) is 23.5 Å². The van der Waals surface area contributed by atoms with Crippen molar-refractivity contribution in [1.29, 1.82) is 0 Å². The molecule has 136 valence electrons. The van der Waals surface area contributed by atoms with Gasteiger partial charge in [0.15, 0.2) is 4.80 Å². The van der Waals surface area contributed by atoms with Crippen LogP contribution < -0.4 is 4.80 Å². The summed E-state index contributed by atoms with van der Waals surface area (Å²) in [5.41, 5.74) is 2.42. The molecule has 3 rings (SSSR count). The molecule has 3 nitrogen and oxygen atoms in total. The number of aromatic nitrogens is 1. The van der Waals surface area contributed by atoms with Gasteiger partial charge in [0.25, 0.3) is 5.91 Å². The zero-order chi connectivity index (χ0) is 18.5. The van der Waals surface area contributed by atoms with Gasteiger partial charge >= 0.3 is 0 Å². The monoisotopic (exact) mass is 388 g/mol. The first-order chi connectivity index (χ1) is 12.6. The first kappa shape index (κ1) is 18.9. The smallest absolute Gasteiger partial charge is 0.258 e. The summed E-state index contributed by atoms with van der Waals surface area (Å²) < 4.78 is 16.2. The van der Waals surface area contributed by atoms with Crippen LogP contribution in [0.15, 0.2) is 52.4 Å². The number of nitrogens with zero attached hydrogens (tertiary/aromatic N) is 2. The molecule has 26 heavy (non-hydrogen) atoms. The van der Waals surface area contributed by atoms with Crippen LogP contribution in [0.5, 0.6) is 0 Å². The molecule has 0 N–H and O–H groups in total. The molecule has 0 spiro atoms. The molecule has 0 aliphatic carbocycles. The standard InChI is InChI=1S/C20H21FN2OS2/c1-3-11-23-17-10-5-14(4-2)12-18(17)26-20(23)22-19(24)13-25-16-8-6-15(21)7-9-16/h5-10,12H,3-4,11,13H2,1-2H3. The van der Waals surface area contributed by atoms with Gasteiger partial charge in [-0.2, -0.15) is 4.99 Å². The Morgan fingerprint density at radius 3 is 2.65 bits per heavy atom. The van der Waals surface area contributed by atoms with E-state index in [0.717, 1.165) is 39.3 Å². The molecule has 0 bridgehead atoms. The lowest BCUT2D eigenvalue weighted by molar-refractivity contribution is -0.115. The van der Waals surface area contributed by atoms with Gasteiger partial charge in [-0.1, -0.05) is 31.3 Å². The second-order valence-corrected chi connectivity index (χ2v) is 8.00. The number of carbonyl (C=O) groups is 1. The second-order valence-electron chi connectivity index (χ2n) is 5.94. The van der Waals surface area contributed by atoms with Crippen LogP contribution in [0.3, 0.4) is 0 Å². The summed E-state index contributed by atoms with van der Waals surface area (Å²) in [7, 11) is 0. The molecule has 0 atom stereocenters. The Hall–Kier alpha value is -1.92. The zero-order valence-corrected chi connectivity index (χ0v) is 16.5. The number of benzene rings is 2. The Morgan fingerprint density at radius 1 is 1.19 bits per heavy atom. The SMILES string of the molecule is CCCn1c(=NC(=O)CSc2ccc(F)cc2)sc2cc(CC)ccc21. The zero-order valence-electron chi connectivity index (χ0n) is 14.9. The predicted molar refractivity (Wildman–Crippen MR) is 107 cm³/mol. The van der Waals surface area contributed by atoms with Gasteiger partial charge in [-0.05, 0) is 54.8 Å². The summed E-state index contributed by atoms with van der Waals surface area (Å²) >= 11 is 2.94. The van der Waals surface area contributed by atoms with Crippen molar-refractivity contribution in [1.82, 2.24) is 4.57 Å². The molecule has 6 heteroatoms. The predicted octanol–water partition coefficient (Wildman–Crippen LogP) is 5.03. The summed E-state index contributed by atoms with van der Waals surface area (Å²) in [6, 6.07) is 12.6. The molecule has 0 radical (unpaired) electrons. The van der Waals surface area contributed by atoms with E-state index in [9.17, 15) is 9.18 Å². The normalized spacial score (nSPS) is 12.0. The van der Waals surface area contributed by atoms with Gasteiger partial charge in [0.1, 0.15) is 5.82 Å². The van der Waals surface area contributed by atoms with E-state index in [2.05, 4.69) is 41.6 Å². The van der Waals surface area contributed by atoms with Crippen LogP contribution >= 0.6 is 23.1 Å². The average molecular weight is 389 g/mol. The molecule has 1 amide bonds. The number of hydrogen-bond donors (Lipinski definition) is 0. The number of halogens is 1. The highest BCUT2D eigenvalue weighted by atomic mass is 32.2. The lowest BCUT2D eigenvalue weighted by atomic mass is 10.2. The van der Waals surface area contributed by atoms with Gasteiger partial charge in [0.2, 0.25) is 0 Å². The quantitative estimate of drug-likeness (QED) is 0.555. The number of hydrogen-bond acceptors (Lipinski definition) is 3. The fraction of sp³-hybridized carbons (Fsp3) is 0.300. The summed E-state index contributed by atoms with van der Waals surface area (Å²) in [5.74, 6) is -0.208. The van der Waals surface area contributed by atoms with Gasteiger partial charge in [0, 0.05) is 11.4 Å². The lowest BCUT2D eigenvalue weighted by Crippen LogP contribution is -2.17. The largest absolute Gasteiger partial charge is 0.316 e. The van der Waals surface area contributed by atoms with Gasteiger partial charge in [-0.3, -0.25) is 4.79 Å². The van der Waals surface area contributed by atoms with Crippen LogP contribution in [0.1, 0.15) is 25.8 Å². The topological polar surface area (TPSA) is 34.4 Å². The van der Waals surface area contributed by atoms with Gasteiger partial charge in [-0.15, -0.1) is 11.8 Å². The van der Waals surface area contributed by atoms with Crippen LogP contribution in [-0.4, -0.2) is 16.2 Å². The lowest BCUT2D eigenvalue weighted by Gasteiger charge is -2.03. The fourth-order valence-electron chi connectivity index (χ4n) is 2.68. The molecule has 3 aromatic rings. The van der Waals surface area contributed by atoms with E-state index in [-0.39, 0.29) is 17.5 Å². The van der Waals surface area contributed by atoms with Crippen molar-refractivity contribution in [3.05, 3.63) is 58.6 Å². The van der Waals surface area contributed by atoms with Crippen LogP contribution in [0.4, 0.5) is 4.39 Å². The molecule has 1 heterocycles. The number of aryl methyl sites for hydroxylation is 2. The maximum absolute atomic E-state index is 12.9. The molecule has 0 aliphatic rings. The number of carbonyl (C=O) groups excluding carboxylic acids is 1. The van der Waals surface area contributed by atoms with Crippen LogP contribution in [0.2, 0.25) is 0 Å². The Balaban J connectivity index is 1.85. The third kappa shape index (κ3) is 4.43. The number of amides is 1. The molecule has 2 aromatic carbocycles. The fourth-order valence-corrected chi connectivity index (χ4v) is 4.50. The molecule has 0 unspecified atom stereocenters. The summed E-state index contributed by atoms with van der Waals surface area (Å²) in [4.78, 5) is 18.3. The molecule has 0 saturated carbocycles. The summed E-state index contributed by atoms with van der Waals surface area (Å²) in [6.45, 7) is 5.09. The van der Waals surface area contributed by atoms with Crippen molar-refractivity contribution in [2.45, 2.75) is 38.1 Å². The molecule has 0 aliphatic heterocycles. The van der Waals surface area contributed by atoms with Crippen LogP contribution in [-0.2, 0) is 17.8 Å². The van der Waals surface area contributed by atoms with E-state index < -0.39 is 0 Å². The second kappa shape index (κ2) is 8.64. The Labute approximate surface area is 160 Å². The van der Waals surface area contributed by atoms with E-state index in [1.807, 2.05) is 0 Å². The number of fused-ring (bicyclic) bond motifs is 1. The Morgan fingerprint density at radius 2 is 1.96 bits per heavy atom. The first-order valence-corrected chi connectivity index (χ1v) is 10.5. The van der Waals surface area contributed by atoms with Crippen molar-refractivity contribution < 1.29 is 9.18 Å². The number of thioether (sulfide) groups is 1. The Bertz CT molecular complexity index is 974. The van der Waals surface area contributed by atoms with Gasteiger partial charge < -0.3 is 4.57 Å². The van der Waals surface area contributed by atoms with Crippen molar-refractivity contribution in [3.63, 3.8) is 0 Å². The Kier molecular flexibility index (Phi) is 6.27. The number of rotatable bonds is 6. The third-order valence-corrected chi connectivity index (χ3v) is 6.04. The van der Waals surface area contributed by atoms with Crippen molar-refractivity contribution in [2.24, 2.45) is 4.99 Å². The highest BCUT2D eigenvalue weighted by molar-refractivity contribution is 8.00. The third-order valence-electron chi connectivity index (χ3n) is 4.00. The molecule has 0 fully saturated rings. The first-order valence-electron chi connectivity index (χ1n) is 8.69. The minimum atomic E-state index is -0.275. The van der Waals surface area contributed by atoms with Gasteiger partial charge in [-0.25, -0.2) is 4.39 Å². The molecular formula is C20H21FN2OS2.